The highest BCUT2D eigenvalue weighted by atomic mass is 16.5. The van der Waals surface area contributed by atoms with Crippen LogP contribution in [0.25, 0.3) is 11.4 Å². The molecule has 2 heterocycles. The van der Waals surface area contributed by atoms with Gasteiger partial charge in [0.05, 0.1) is 13.2 Å². The Morgan fingerprint density at radius 1 is 1.13 bits per heavy atom. The van der Waals surface area contributed by atoms with Gasteiger partial charge in [0.15, 0.2) is 5.82 Å². The van der Waals surface area contributed by atoms with Gasteiger partial charge in [-0.3, -0.25) is 4.79 Å². The Balaban J connectivity index is 1.48. The van der Waals surface area contributed by atoms with Gasteiger partial charge in [-0.05, 0) is 55.0 Å². The SMILES string of the molecule is Cc1cc(-c2ncnc(Nc3ccc(C(N)=O)cc3)n2)ccc1OC1CCOCC1. The maximum atomic E-state index is 11.2. The van der Waals surface area contributed by atoms with Crippen molar-refractivity contribution in [1.29, 1.82) is 0 Å². The van der Waals surface area contributed by atoms with Crippen LogP contribution < -0.4 is 15.8 Å². The number of aryl methyl sites for hydroxylation is 1. The second-order valence-electron chi connectivity index (χ2n) is 7.11. The average Bonchev–Trinajstić information content (AvgIpc) is 2.76. The first-order valence-corrected chi connectivity index (χ1v) is 9.80. The van der Waals surface area contributed by atoms with E-state index in [1.807, 2.05) is 25.1 Å². The van der Waals surface area contributed by atoms with E-state index in [2.05, 4.69) is 20.3 Å². The van der Waals surface area contributed by atoms with Crippen molar-refractivity contribution in [1.82, 2.24) is 15.0 Å². The summed E-state index contributed by atoms with van der Waals surface area (Å²) in [5, 5.41) is 3.11. The summed E-state index contributed by atoms with van der Waals surface area (Å²) in [7, 11) is 0. The van der Waals surface area contributed by atoms with Gasteiger partial charge in [0, 0.05) is 29.7 Å². The summed E-state index contributed by atoms with van der Waals surface area (Å²) in [6.45, 7) is 3.50. The number of hydrogen-bond donors (Lipinski definition) is 2. The first kappa shape index (κ1) is 19.8. The topological polar surface area (TPSA) is 112 Å². The van der Waals surface area contributed by atoms with Crippen molar-refractivity contribution >= 4 is 17.5 Å². The van der Waals surface area contributed by atoms with Crippen LogP contribution in [-0.2, 0) is 4.74 Å². The molecule has 0 unspecified atom stereocenters. The standard InChI is InChI=1S/C22H23N5O3/c1-14-12-16(4-7-19(14)30-18-8-10-29-11-9-18)21-24-13-25-22(27-21)26-17-5-2-15(3-6-17)20(23)28/h2-7,12-13,18H,8-11H2,1H3,(H2,23,28)(H,24,25,26,27). The van der Waals surface area contributed by atoms with E-state index in [1.54, 1.807) is 24.3 Å². The zero-order valence-electron chi connectivity index (χ0n) is 16.7. The number of hydrogen-bond acceptors (Lipinski definition) is 7. The smallest absolute Gasteiger partial charge is 0.248 e. The number of amides is 1. The minimum Gasteiger partial charge on any atom is -0.490 e. The summed E-state index contributed by atoms with van der Waals surface area (Å²) in [6, 6.07) is 12.7. The molecule has 3 aromatic rings. The second kappa shape index (κ2) is 8.87. The number of anilines is 2. The molecule has 30 heavy (non-hydrogen) atoms. The number of carbonyl (C=O) groups excluding carboxylic acids is 1. The van der Waals surface area contributed by atoms with Gasteiger partial charge in [0.25, 0.3) is 0 Å². The van der Waals surface area contributed by atoms with Crippen molar-refractivity contribution in [2.45, 2.75) is 25.9 Å². The van der Waals surface area contributed by atoms with Crippen LogP contribution in [-0.4, -0.2) is 40.2 Å². The highest BCUT2D eigenvalue weighted by molar-refractivity contribution is 5.93. The van der Waals surface area contributed by atoms with Crippen molar-refractivity contribution in [2.75, 3.05) is 18.5 Å². The maximum Gasteiger partial charge on any atom is 0.248 e. The lowest BCUT2D eigenvalue weighted by molar-refractivity contribution is 0.0253. The van der Waals surface area contributed by atoms with Crippen LogP contribution in [0.15, 0.2) is 48.8 Å². The average molecular weight is 405 g/mol. The van der Waals surface area contributed by atoms with E-state index >= 15 is 0 Å². The van der Waals surface area contributed by atoms with Gasteiger partial charge < -0.3 is 20.5 Å². The van der Waals surface area contributed by atoms with E-state index in [9.17, 15) is 4.79 Å². The normalized spacial score (nSPS) is 14.3. The first-order valence-electron chi connectivity index (χ1n) is 9.80. The Kier molecular flexibility index (Phi) is 5.85. The lowest BCUT2D eigenvalue weighted by atomic mass is 10.1. The minimum atomic E-state index is -0.469. The van der Waals surface area contributed by atoms with E-state index in [0.29, 0.717) is 17.3 Å². The van der Waals surface area contributed by atoms with Crippen LogP contribution in [0.4, 0.5) is 11.6 Å². The van der Waals surface area contributed by atoms with Gasteiger partial charge in [0.2, 0.25) is 11.9 Å². The van der Waals surface area contributed by atoms with E-state index in [0.717, 1.165) is 48.6 Å². The summed E-state index contributed by atoms with van der Waals surface area (Å²) >= 11 is 0. The number of aromatic nitrogens is 3. The third kappa shape index (κ3) is 4.72. The van der Waals surface area contributed by atoms with Crippen molar-refractivity contribution in [3.63, 3.8) is 0 Å². The van der Waals surface area contributed by atoms with E-state index in [-0.39, 0.29) is 6.10 Å². The largest absolute Gasteiger partial charge is 0.490 e. The predicted octanol–water partition coefficient (Wildman–Crippen LogP) is 3.25. The molecule has 0 saturated carbocycles. The highest BCUT2D eigenvalue weighted by Gasteiger charge is 2.16. The zero-order chi connectivity index (χ0) is 20.9. The quantitative estimate of drug-likeness (QED) is 0.647. The van der Waals surface area contributed by atoms with Crippen LogP contribution in [0.2, 0.25) is 0 Å². The minimum absolute atomic E-state index is 0.192. The molecule has 3 N–H and O–H groups in total. The molecule has 1 saturated heterocycles. The summed E-state index contributed by atoms with van der Waals surface area (Å²) < 4.78 is 11.5. The molecule has 0 spiro atoms. The lowest BCUT2D eigenvalue weighted by Crippen LogP contribution is -2.26. The molecule has 1 fully saturated rings. The molecule has 2 aromatic carbocycles. The third-order valence-corrected chi connectivity index (χ3v) is 4.89. The second-order valence-corrected chi connectivity index (χ2v) is 7.11. The van der Waals surface area contributed by atoms with Gasteiger partial charge in [-0.1, -0.05) is 0 Å². The van der Waals surface area contributed by atoms with Crippen LogP contribution in [0.5, 0.6) is 5.75 Å². The van der Waals surface area contributed by atoms with E-state index in [1.165, 1.54) is 6.33 Å². The number of nitrogens with one attached hydrogen (secondary N) is 1. The van der Waals surface area contributed by atoms with Gasteiger partial charge >= 0.3 is 0 Å². The Morgan fingerprint density at radius 2 is 1.90 bits per heavy atom. The number of benzene rings is 2. The monoisotopic (exact) mass is 405 g/mol. The Morgan fingerprint density at radius 3 is 2.60 bits per heavy atom. The van der Waals surface area contributed by atoms with Crippen molar-refractivity contribution in [3.8, 4) is 17.1 Å². The van der Waals surface area contributed by atoms with Crippen molar-refractivity contribution < 1.29 is 14.3 Å². The molecule has 8 heteroatoms. The van der Waals surface area contributed by atoms with Crippen LogP contribution >= 0.6 is 0 Å². The number of nitrogens with two attached hydrogens (primary N) is 1. The summed E-state index contributed by atoms with van der Waals surface area (Å²) in [5.74, 6) is 1.37. The molecule has 1 aromatic heterocycles. The predicted molar refractivity (Wildman–Crippen MR) is 113 cm³/mol. The fourth-order valence-electron chi connectivity index (χ4n) is 3.24. The molecule has 1 amide bonds. The number of nitrogens with zero attached hydrogens (tertiary/aromatic N) is 3. The molecule has 0 atom stereocenters. The molecular formula is C22H23N5O3. The molecule has 0 bridgehead atoms. The van der Waals surface area contributed by atoms with Gasteiger partial charge in [-0.15, -0.1) is 0 Å². The number of rotatable bonds is 6. The molecule has 1 aliphatic rings. The third-order valence-electron chi connectivity index (χ3n) is 4.89. The number of carbonyl (C=O) groups is 1. The maximum absolute atomic E-state index is 11.2. The summed E-state index contributed by atoms with van der Waals surface area (Å²) in [6.07, 6.45) is 3.47. The van der Waals surface area contributed by atoms with E-state index in [4.69, 9.17) is 15.2 Å². The van der Waals surface area contributed by atoms with Crippen LogP contribution in [0.3, 0.4) is 0 Å². The molecule has 1 aliphatic heterocycles. The fourth-order valence-corrected chi connectivity index (χ4v) is 3.24. The van der Waals surface area contributed by atoms with Crippen LogP contribution in [0.1, 0.15) is 28.8 Å². The fraction of sp³-hybridized carbons (Fsp3) is 0.273. The first-order chi connectivity index (χ1) is 14.6. The van der Waals surface area contributed by atoms with Gasteiger partial charge in [-0.2, -0.15) is 4.98 Å². The molecular weight excluding hydrogens is 382 g/mol. The van der Waals surface area contributed by atoms with Crippen molar-refractivity contribution in [3.05, 3.63) is 59.9 Å². The molecule has 154 valence electrons. The highest BCUT2D eigenvalue weighted by Crippen LogP contribution is 2.27. The molecule has 4 rings (SSSR count). The number of ether oxygens (including phenoxy) is 2. The molecule has 0 radical (unpaired) electrons. The van der Waals surface area contributed by atoms with Crippen molar-refractivity contribution in [2.24, 2.45) is 5.73 Å². The van der Waals surface area contributed by atoms with Crippen LogP contribution in [0, 0.1) is 6.92 Å². The Bertz CT molecular complexity index is 1030. The lowest BCUT2D eigenvalue weighted by Gasteiger charge is -2.24. The summed E-state index contributed by atoms with van der Waals surface area (Å²) in [5.41, 5.74) is 8.35. The Labute approximate surface area is 174 Å². The number of primary amides is 1. The van der Waals surface area contributed by atoms with Gasteiger partial charge in [-0.25, -0.2) is 9.97 Å². The molecule has 0 aliphatic carbocycles. The van der Waals surface area contributed by atoms with E-state index < -0.39 is 5.91 Å². The summed E-state index contributed by atoms with van der Waals surface area (Å²) in [4.78, 5) is 24.2. The van der Waals surface area contributed by atoms with Gasteiger partial charge in [0.1, 0.15) is 18.2 Å². The Hall–Kier alpha value is -3.52. The zero-order valence-corrected chi connectivity index (χ0v) is 16.7. The molecule has 8 nitrogen and oxygen atoms in total.